The fraction of sp³-hybridized carbons (Fsp3) is 0.444. The minimum Gasteiger partial charge on any atom is -0.473 e. The molecule has 1 unspecified atom stereocenters. The first-order valence-electron chi connectivity index (χ1n) is 8.92. The van der Waals surface area contributed by atoms with Crippen LogP contribution in [0.3, 0.4) is 0 Å². The van der Waals surface area contributed by atoms with Crippen molar-refractivity contribution in [3.63, 3.8) is 0 Å². The summed E-state index contributed by atoms with van der Waals surface area (Å²) >= 11 is 0. The predicted molar refractivity (Wildman–Crippen MR) is 97.7 cm³/mol. The zero-order chi connectivity index (χ0) is 18.0. The van der Waals surface area contributed by atoms with Gasteiger partial charge in [0.1, 0.15) is 18.2 Å². The largest absolute Gasteiger partial charge is 0.473 e. The SMILES string of the molecule is O=S(=O)(c1ccccc1)N1CCC(Oc2cc(N3CCCC3)ncn2)C1. The fourth-order valence-electron chi connectivity index (χ4n) is 3.44. The maximum Gasteiger partial charge on any atom is 0.243 e. The van der Waals surface area contributed by atoms with Gasteiger partial charge >= 0.3 is 0 Å². The summed E-state index contributed by atoms with van der Waals surface area (Å²) in [6, 6.07) is 10.4. The molecule has 3 heterocycles. The third kappa shape index (κ3) is 3.52. The van der Waals surface area contributed by atoms with Crippen LogP contribution < -0.4 is 9.64 Å². The van der Waals surface area contributed by atoms with Crippen LogP contribution in [0.4, 0.5) is 5.82 Å². The van der Waals surface area contributed by atoms with Crippen LogP contribution in [0.25, 0.3) is 0 Å². The Hall–Kier alpha value is -2.19. The lowest BCUT2D eigenvalue weighted by molar-refractivity contribution is 0.206. The molecule has 1 aromatic carbocycles. The Bertz CT molecular complexity index is 854. The molecule has 7 nitrogen and oxygen atoms in total. The number of anilines is 1. The number of sulfonamides is 1. The summed E-state index contributed by atoms with van der Waals surface area (Å²) in [6.45, 7) is 2.79. The Morgan fingerprint density at radius 1 is 1.04 bits per heavy atom. The van der Waals surface area contributed by atoms with Crippen LogP contribution in [0, 0.1) is 0 Å². The first kappa shape index (κ1) is 17.2. The molecule has 2 aliphatic rings. The molecule has 138 valence electrons. The van der Waals surface area contributed by atoms with Crippen LogP contribution in [0.5, 0.6) is 5.88 Å². The van der Waals surface area contributed by atoms with E-state index in [4.69, 9.17) is 4.74 Å². The summed E-state index contributed by atoms with van der Waals surface area (Å²) in [6.07, 6.45) is 4.31. The molecule has 0 N–H and O–H groups in total. The third-order valence-electron chi connectivity index (χ3n) is 4.83. The number of benzene rings is 1. The van der Waals surface area contributed by atoms with Crippen LogP contribution in [-0.4, -0.2) is 55.0 Å². The highest BCUT2D eigenvalue weighted by Crippen LogP contribution is 2.25. The molecule has 2 fully saturated rings. The van der Waals surface area contributed by atoms with Crippen LogP contribution in [-0.2, 0) is 10.0 Å². The Morgan fingerprint density at radius 3 is 2.58 bits per heavy atom. The summed E-state index contributed by atoms with van der Waals surface area (Å²) in [5.74, 6) is 1.38. The van der Waals surface area contributed by atoms with E-state index in [2.05, 4.69) is 14.9 Å². The van der Waals surface area contributed by atoms with Crippen LogP contribution in [0.1, 0.15) is 19.3 Å². The first-order valence-corrected chi connectivity index (χ1v) is 10.4. The Balaban J connectivity index is 1.42. The minimum absolute atomic E-state index is 0.199. The molecule has 0 aliphatic carbocycles. The van der Waals surface area contributed by atoms with E-state index in [1.165, 1.54) is 23.5 Å². The lowest BCUT2D eigenvalue weighted by Crippen LogP contribution is -2.31. The first-order chi connectivity index (χ1) is 12.6. The molecule has 0 bridgehead atoms. The summed E-state index contributed by atoms with van der Waals surface area (Å²) in [5.41, 5.74) is 0. The monoisotopic (exact) mass is 374 g/mol. The molecule has 1 aromatic heterocycles. The average Bonchev–Trinajstić information content (AvgIpc) is 3.35. The minimum atomic E-state index is -3.47. The third-order valence-corrected chi connectivity index (χ3v) is 6.71. The number of rotatable bonds is 5. The molecular weight excluding hydrogens is 352 g/mol. The second-order valence-electron chi connectivity index (χ2n) is 6.61. The lowest BCUT2D eigenvalue weighted by Gasteiger charge is -2.19. The van der Waals surface area contributed by atoms with Crippen molar-refractivity contribution in [1.82, 2.24) is 14.3 Å². The van der Waals surface area contributed by atoms with Gasteiger partial charge in [-0.3, -0.25) is 0 Å². The second-order valence-corrected chi connectivity index (χ2v) is 8.55. The maximum absolute atomic E-state index is 12.7. The highest BCUT2D eigenvalue weighted by Gasteiger charge is 2.33. The normalized spacial score (nSPS) is 21.2. The van der Waals surface area contributed by atoms with Gasteiger partial charge in [0.2, 0.25) is 15.9 Å². The smallest absolute Gasteiger partial charge is 0.243 e. The molecule has 0 saturated carbocycles. The highest BCUT2D eigenvalue weighted by atomic mass is 32.2. The predicted octanol–water partition coefficient (Wildman–Crippen LogP) is 1.92. The van der Waals surface area contributed by atoms with E-state index in [0.717, 1.165) is 18.9 Å². The standard InChI is InChI=1S/C18H22N4O3S/c23-26(24,16-6-2-1-3-7-16)22-11-8-15(13-22)25-18-12-17(19-14-20-18)21-9-4-5-10-21/h1-3,6-7,12,14-15H,4-5,8-11,13H2. The van der Waals surface area contributed by atoms with Gasteiger partial charge in [-0.1, -0.05) is 18.2 Å². The van der Waals surface area contributed by atoms with Gasteiger partial charge in [-0.15, -0.1) is 0 Å². The second kappa shape index (κ2) is 7.20. The van der Waals surface area contributed by atoms with Crippen molar-refractivity contribution >= 4 is 15.8 Å². The zero-order valence-electron chi connectivity index (χ0n) is 14.5. The maximum atomic E-state index is 12.7. The summed E-state index contributed by atoms with van der Waals surface area (Å²) in [5, 5.41) is 0. The van der Waals surface area contributed by atoms with Crippen molar-refractivity contribution < 1.29 is 13.2 Å². The molecule has 8 heteroatoms. The van der Waals surface area contributed by atoms with E-state index in [1.54, 1.807) is 24.3 Å². The van der Waals surface area contributed by atoms with Gasteiger partial charge in [-0.05, 0) is 31.4 Å². The molecule has 2 aliphatic heterocycles. The number of aromatic nitrogens is 2. The number of ether oxygens (including phenoxy) is 1. The summed E-state index contributed by atoms with van der Waals surface area (Å²) in [7, 11) is -3.47. The van der Waals surface area contributed by atoms with Crippen LogP contribution in [0.15, 0.2) is 47.6 Å². The van der Waals surface area contributed by atoms with Gasteiger partial charge in [0, 0.05) is 25.7 Å². The number of hydrogen-bond acceptors (Lipinski definition) is 6. The van der Waals surface area contributed by atoms with Gasteiger partial charge in [0.25, 0.3) is 0 Å². The van der Waals surface area contributed by atoms with E-state index in [0.29, 0.717) is 30.3 Å². The van der Waals surface area contributed by atoms with E-state index in [1.807, 2.05) is 12.1 Å². The van der Waals surface area contributed by atoms with Gasteiger partial charge in [-0.25, -0.2) is 18.4 Å². The zero-order valence-corrected chi connectivity index (χ0v) is 15.3. The van der Waals surface area contributed by atoms with E-state index in [9.17, 15) is 8.42 Å². The summed E-state index contributed by atoms with van der Waals surface area (Å²) in [4.78, 5) is 11.0. The van der Waals surface area contributed by atoms with Crippen LogP contribution >= 0.6 is 0 Å². The quantitative estimate of drug-likeness (QED) is 0.796. The molecule has 2 aromatic rings. The van der Waals surface area contributed by atoms with Crippen LogP contribution in [0.2, 0.25) is 0 Å². The molecule has 4 rings (SSSR count). The molecule has 0 radical (unpaired) electrons. The van der Waals surface area contributed by atoms with E-state index < -0.39 is 10.0 Å². The van der Waals surface area contributed by atoms with Crippen molar-refractivity contribution in [2.24, 2.45) is 0 Å². The molecule has 0 spiro atoms. The number of hydrogen-bond donors (Lipinski definition) is 0. The van der Waals surface area contributed by atoms with Gasteiger partial charge in [-0.2, -0.15) is 4.31 Å². The fourth-order valence-corrected chi connectivity index (χ4v) is 4.95. The van der Waals surface area contributed by atoms with E-state index >= 15 is 0 Å². The molecular formula is C18H22N4O3S. The van der Waals surface area contributed by atoms with Crippen molar-refractivity contribution in [2.75, 3.05) is 31.1 Å². The Kier molecular flexibility index (Phi) is 4.78. The summed E-state index contributed by atoms with van der Waals surface area (Å²) < 4.78 is 32.8. The lowest BCUT2D eigenvalue weighted by atomic mass is 10.3. The average molecular weight is 374 g/mol. The van der Waals surface area contributed by atoms with Crippen molar-refractivity contribution in [2.45, 2.75) is 30.3 Å². The highest BCUT2D eigenvalue weighted by molar-refractivity contribution is 7.89. The van der Waals surface area contributed by atoms with Crippen molar-refractivity contribution in [3.05, 3.63) is 42.7 Å². The van der Waals surface area contributed by atoms with Gasteiger partial charge < -0.3 is 9.64 Å². The Morgan fingerprint density at radius 2 is 1.81 bits per heavy atom. The van der Waals surface area contributed by atoms with Gasteiger partial charge in [0.05, 0.1) is 11.4 Å². The topological polar surface area (TPSA) is 75.6 Å². The number of nitrogens with zero attached hydrogens (tertiary/aromatic N) is 4. The molecule has 26 heavy (non-hydrogen) atoms. The molecule has 2 saturated heterocycles. The van der Waals surface area contributed by atoms with E-state index in [-0.39, 0.29) is 6.10 Å². The van der Waals surface area contributed by atoms with Crippen molar-refractivity contribution in [1.29, 1.82) is 0 Å². The molecule has 0 amide bonds. The van der Waals surface area contributed by atoms with Gasteiger partial charge in [0.15, 0.2) is 0 Å². The molecule has 1 atom stereocenters. The van der Waals surface area contributed by atoms with Crippen molar-refractivity contribution in [3.8, 4) is 5.88 Å². The Labute approximate surface area is 153 Å².